The van der Waals surface area contributed by atoms with E-state index in [1.54, 1.807) is 60.7 Å². The molecule has 3 aromatic rings. The van der Waals surface area contributed by atoms with Gasteiger partial charge in [0.25, 0.3) is 0 Å². The summed E-state index contributed by atoms with van der Waals surface area (Å²) in [6.07, 6.45) is 6.74. The normalized spacial score (nSPS) is 12.0. The van der Waals surface area contributed by atoms with Crippen molar-refractivity contribution in [1.82, 2.24) is 20.2 Å². The van der Waals surface area contributed by atoms with Crippen molar-refractivity contribution in [2.45, 2.75) is 17.9 Å². The standard InChI is InChI=1S/C21H24FN5O2S/c1-23-21(25-10-9-16-3-6-18(7-4-16)30(2,28)29)26-14-17-5-8-20(19(22)13-17)27-12-11-24-15-27/h3-8,11-13,15H,9-10,14H2,1-2H3,(H2,23,25,26). The molecule has 2 N–H and O–H groups in total. The van der Waals surface area contributed by atoms with Gasteiger partial charge in [-0.2, -0.15) is 0 Å². The van der Waals surface area contributed by atoms with Gasteiger partial charge < -0.3 is 15.2 Å². The Bertz CT molecular complexity index is 1110. The average molecular weight is 430 g/mol. The number of aromatic nitrogens is 2. The molecule has 1 heterocycles. The molecule has 0 spiro atoms. The van der Waals surface area contributed by atoms with Crippen LogP contribution in [0.15, 0.2) is 71.1 Å². The van der Waals surface area contributed by atoms with E-state index in [0.29, 0.717) is 36.1 Å². The maximum absolute atomic E-state index is 14.4. The van der Waals surface area contributed by atoms with Crippen LogP contribution in [0, 0.1) is 5.82 Å². The highest BCUT2D eigenvalue weighted by Gasteiger charge is 2.07. The molecule has 2 aromatic carbocycles. The molecule has 0 saturated carbocycles. The third kappa shape index (κ3) is 5.66. The second-order valence-corrected chi connectivity index (χ2v) is 8.79. The van der Waals surface area contributed by atoms with Crippen molar-refractivity contribution in [1.29, 1.82) is 0 Å². The van der Waals surface area contributed by atoms with Gasteiger partial charge in [0, 0.05) is 38.8 Å². The molecule has 0 amide bonds. The van der Waals surface area contributed by atoms with E-state index in [4.69, 9.17) is 0 Å². The third-order valence-corrected chi connectivity index (χ3v) is 5.66. The van der Waals surface area contributed by atoms with Crippen molar-refractivity contribution in [2.24, 2.45) is 4.99 Å². The van der Waals surface area contributed by atoms with Crippen LogP contribution in [0.3, 0.4) is 0 Å². The summed E-state index contributed by atoms with van der Waals surface area (Å²) in [7, 11) is -1.52. The van der Waals surface area contributed by atoms with Crippen LogP contribution in [-0.2, 0) is 22.8 Å². The number of nitrogens with one attached hydrogen (secondary N) is 2. The lowest BCUT2D eigenvalue weighted by atomic mass is 10.1. The van der Waals surface area contributed by atoms with Gasteiger partial charge in [-0.1, -0.05) is 18.2 Å². The van der Waals surface area contributed by atoms with E-state index in [1.807, 2.05) is 6.07 Å². The summed E-state index contributed by atoms with van der Waals surface area (Å²) in [5.74, 6) is 0.273. The fraction of sp³-hybridized carbons (Fsp3) is 0.238. The summed E-state index contributed by atoms with van der Waals surface area (Å²) in [6.45, 7) is 1.04. The number of aliphatic imine (C=N–C) groups is 1. The molecule has 1 aromatic heterocycles. The number of rotatable bonds is 7. The van der Waals surface area contributed by atoms with E-state index in [1.165, 1.54) is 12.3 Å². The number of sulfone groups is 1. The maximum Gasteiger partial charge on any atom is 0.191 e. The Morgan fingerprint density at radius 2 is 1.87 bits per heavy atom. The van der Waals surface area contributed by atoms with E-state index < -0.39 is 9.84 Å². The number of imidazole rings is 1. The van der Waals surface area contributed by atoms with Gasteiger partial charge >= 0.3 is 0 Å². The van der Waals surface area contributed by atoms with Crippen LogP contribution >= 0.6 is 0 Å². The van der Waals surface area contributed by atoms with Gasteiger partial charge in [0.2, 0.25) is 0 Å². The molecule has 0 unspecified atom stereocenters. The molecule has 30 heavy (non-hydrogen) atoms. The fourth-order valence-corrected chi connectivity index (χ4v) is 3.54. The second kappa shape index (κ2) is 9.53. The Hall–Kier alpha value is -3.20. The summed E-state index contributed by atoms with van der Waals surface area (Å²) >= 11 is 0. The van der Waals surface area contributed by atoms with Crippen molar-refractivity contribution >= 4 is 15.8 Å². The van der Waals surface area contributed by atoms with Crippen LogP contribution in [0.1, 0.15) is 11.1 Å². The maximum atomic E-state index is 14.4. The molecular weight excluding hydrogens is 405 g/mol. The van der Waals surface area contributed by atoms with E-state index in [9.17, 15) is 12.8 Å². The molecule has 0 aliphatic rings. The zero-order valence-electron chi connectivity index (χ0n) is 16.8. The highest BCUT2D eigenvalue weighted by atomic mass is 32.2. The molecule has 0 bridgehead atoms. The number of benzene rings is 2. The first-order valence-electron chi connectivity index (χ1n) is 9.37. The molecule has 7 nitrogen and oxygen atoms in total. The minimum Gasteiger partial charge on any atom is -0.356 e. The predicted octanol–water partition coefficient (Wildman–Crippen LogP) is 2.32. The molecule has 0 fully saturated rings. The zero-order chi connectivity index (χ0) is 21.6. The lowest BCUT2D eigenvalue weighted by Crippen LogP contribution is -2.37. The predicted molar refractivity (Wildman–Crippen MR) is 115 cm³/mol. The molecule has 0 aliphatic heterocycles. The first kappa shape index (κ1) is 21.5. The van der Waals surface area contributed by atoms with Crippen LogP contribution < -0.4 is 10.6 Å². The van der Waals surface area contributed by atoms with E-state index >= 15 is 0 Å². The van der Waals surface area contributed by atoms with Crippen LogP contribution in [0.25, 0.3) is 5.69 Å². The van der Waals surface area contributed by atoms with Gasteiger partial charge in [-0.15, -0.1) is 0 Å². The van der Waals surface area contributed by atoms with Gasteiger partial charge in [-0.05, 0) is 41.8 Å². The summed E-state index contributed by atoms with van der Waals surface area (Å²) in [4.78, 5) is 8.41. The Balaban J connectivity index is 1.50. The minimum absolute atomic E-state index is 0.308. The number of halogens is 1. The highest BCUT2D eigenvalue weighted by molar-refractivity contribution is 7.90. The lowest BCUT2D eigenvalue weighted by Gasteiger charge is -2.13. The van der Waals surface area contributed by atoms with Crippen molar-refractivity contribution in [3.8, 4) is 5.69 Å². The van der Waals surface area contributed by atoms with Gasteiger partial charge in [0.1, 0.15) is 5.82 Å². The van der Waals surface area contributed by atoms with E-state index in [0.717, 1.165) is 11.1 Å². The smallest absolute Gasteiger partial charge is 0.191 e. The SMILES string of the molecule is CN=C(NCCc1ccc(S(C)(=O)=O)cc1)NCc1ccc(-n2ccnc2)c(F)c1. The topological polar surface area (TPSA) is 88.4 Å². The summed E-state index contributed by atoms with van der Waals surface area (Å²) < 4.78 is 39.0. The molecular formula is C21H24FN5O2S. The summed E-state index contributed by atoms with van der Waals surface area (Å²) in [6, 6.07) is 11.9. The number of nitrogens with zero attached hydrogens (tertiary/aromatic N) is 3. The molecule has 0 atom stereocenters. The van der Waals surface area contributed by atoms with Gasteiger partial charge in [-0.3, -0.25) is 4.99 Å². The average Bonchev–Trinajstić information content (AvgIpc) is 3.25. The second-order valence-electron chi connectivity index (χ2n) is 6.77. The molecule has 9 heteroatoms. The van der Waals surface area contributed by atoms with Gasteiger partial charge in [0.15, 0.2) is 15.8 Å². The zero-order valence-corrected chi connectivity index (χ0v) is 17.7. The summed E-state index contributed by atoms with van der Waals surface area (Å²) in [5, 5.41) is 6.35. The van der Waals surface area contributed by atoms with Crippen LogP contribution in [-0.4, -0.2) is 43.8 Å². The largest absolute Gasteiger partial charge is 0.356 e. The van der Waals surface area contributed by atoms with Crippen molar-refractivity contribution in [3.63, 3.8) is 0 Å². The molecule has 158 valence electrons. The third-order valence-electron chi connectivity index (χ3n) is 4.54. The van der Waals surface area contributed by atoms with Crippen molar-refractivity contribution < 1.29 is 12.8 Å². The summed E-state index contributed by atoms with van der Waals surface area (Å²) in [5.41, 5.74) is 2.25. The number of hydrogen-bond acceptors (Lipinski definition) is 4. The quantitative estimate of drug-likeness (QED) is 0.445. The Labute approximate surface area is 175 Å². The Morgan fingerprint density at radius 3 is 2.47 bits per heavy atom. The lowest BCUT2D eigenvalue weighted by molar-refractivity contribution is 0.602. The molecule has 0 radical (unpaired) electrons. The van der Waals surface area contributed by atoms with Crippen molar-refractivity contribution in [2.75, 3.05) is 19.8 Å². The Kier molecular flexibility index (Phi) is 6.83. The van der Waals surface area contributed by atoms with Crippen LogP contribution in [0.4, 0.5) is 4.39 Å². The first-order chi connectivity index (χ1) is 14.4. The monoisotopic (exact) mass is 429 g/mol. The highest BCUT2D eigenvalue weighted by Crippen LogP contribution is 2.15. The van der Waals surface area contributed by atoms with Gasteiger partial charge in [-0.25, -0.2) is 17.8 Å². The van der Waals surface area contributed by atoms with Crippen molar-refractivity contribution in [3.05, 3.63) is 78.1 Å². The minimum atomic E-state index is -3.19. The van der Waals surface area contributed by atoms with E-state index in [2.05, 4.69) is 20.6 Å². The van der Waals surface area contributed by atoms with Gasteiger partial charge in [0.05, 0.1) is 16.9 Å². The molecule has 0 aliphatic carbocycles. The molecule has 0 saturated heterocycles. The van der Waals surface area contributed by atoms with E-state index in [-0.39, 0.29) is 5.82 Å². The first-order valence-corrected chi connectivity index (χ1v) is 11.3. The number of guanidine groups is 1. The molecule has 3 rings (SSSR count). The number of hydrogen-bond donors (Lipinski definition) is 2. The van der Waals surface area contributed by atoms with Crippen LogP contribution in [0.2, 0.25) is 0 Å². The van der Waals surface area contributed by atoms with Crippen LogP contribution in [0.5, 0.6) is 0 Å². The Morgan fingerprint density at radius 1 is 1.13 bits per heavy atom. The fourth-order valence-electron chi connectivity index (χ4n) is 2.91.